The first kappa shape index (κ1) is 17.9. The van der Waals surface area contributed by atoms with Crippen molar-refractivity contribution in [1.82, 2.24) is 9.99 Å². The van der Waals surface area contributed by atoms with Crippen LogP contribution in [0.1, 0.15) is 60.2 Å². The number of aromatic nitrogens is 1. The van der Waals surface area contributed by atoms with Crippen molar-refractivity contribution in [2.75, 3.05) is 0 Å². The first-order valence-electron chi connectivity index (χ1n) is 9.07. The first-order valence-corrected chi connectivity index (χ1v) is 9.07. The number of carbonyl (C=O) groups excluding carboxylic acids is 1. The Morgan fingerprint density at radius 2 is 2.00 bits per heavy atom. The number of nitrogens with zero attached hydrogens (tertiary/aromatic N) is 3. The van der Waals surface area contributed by atoms with E-state index in [1.165, 1.54) is 37.1 Å². The van der Waals surface area contributed by atoms with Gasteiger partial charge in [-0.25, -0.2) is 5.43 Å². The van der Waals surface area contributed by atoms with Gasteiger partial charge in [0.05, 0.1) is 12.3 Å². The van der Waals surface area contributed by atoms with Crippen molar-refractivity contribution in [3.63, 3.8) is 0 Å². The molecule has 1 aromatic carbocycles. The summed E-state index contributed by atoms with van der Waals surface area (Å²) in [6.45, 7) is 4.21. The number of carbonyl (C=O) groups is 1. The number of aryl methyl sites for hydroxylation is 1. The van der Waals surface area contributed by atoms with Crippen LogP contribution in [0.4, 0.5) is 0 Å². The summed E-state index contributed by atoms with van der Waals surface area (Å²) in [7, 11) is 0. The third-order valence-corrected chi connectivity index (χ3v) is 5.12. The number of nitriles is 1. The minimum Gasteiger partial charge on any atom is -0.345 e. The molecule has 1 aliphatic rings. The molecule has 5 nitrogen and oxygen atoms in total. The van der Waals surface area contributed by atoms with Crippen LogP contribution in [0.5, 0.6) is 0 Å². The van der Waals surface area contributed by atoms with E-state index in [2.05, 4.69) is 35.0 Å². The van der Waals surface area contributed by atoms with Gasteiger partial charge < -0.3 is 4.57 Å². The summed E-state index contributed by atoms with van der Waals surface area (Å²) >= 11 is 0. The maximum atomic E-state index is 12.3. The molecule has 1 heterocycles. The van der Waals surface area contributed by atoms with Crippen molar-refractivity contribution in [2.45, 2.75) is 51.5 Å². The van der Waals surface area contributed by atoms with E-state index in [4.69, 9.17) is 0 Å². The fraction of sp³-hybridized carbons (Fsp3) is 0.381. The van der Waals surface area contributed by atoms with Crippen LogP contribution in [0.25, 0.3) is 0 Å². The molecule has 26 heavy (non-hydrogen) atoms. The quantitative estimate of drug-likeness (QED) is 0.656. The summed E-state index contributed by atoms with van der Waals surface area (Å²) in [5.41, 5.74) is 6.57. The highest BCUT2D eigenvalue weighted by atomic mass is 16.2. The van der Waals surface area contributed by atoms with Crippen molar-refractivity contribution >= 4 is 12.1 Å². The molecule has 1 saturated carbocycles. The Bertz CT molecular complexity index is 839. The highest BCUT2D eigenvalue weighted by molar-refractivity contribution is 5.88. The van der Waals surface area contributed by atoms with Gasteiger partial charge in [-0.15, -0.1) is 0 Å². The topological polar surface area (TPSA) is 70.2 Å². The monoisotopic (exact) mass is 348 g/mol. The van der Waals surface area contributed by atoms with Crippen molar-refractivity contribution in [2.24, 2.45) is 5.10 Å². The molecule has 1 fully saturated rings. The van der Waals surface area contributed by atoms with E-state index < -0.39 is 11.8 Å². The normalized spacial score (nSPS) is 15.9. The Morgan fingerprint density at radius 3 is 2.65 bits per heavy atom. The van der Waals surface area contributed by atoms with Gasteiger partial charge in [-0.1, -0.05) is 43.2 Å². The van der Waals surface area contributed by atoms with E-state index >= 15 is 0 Å². The molecular weight excluding hydrogens is 324 g/mol. The Kier molecular flexibility index (Phi) is 5.52. The van der Waals surface area contributed by atoms with Crippen molar-refractivity contribution in [1.29, 1.82) is 5.26 Å². The number of hydrazone groups is 1. The van der Waals surface area contributed by atoms with E-state index in [1.54, 1.807) is 18.3 Å². The van der Waals surface area contributed by atoms with Gasteiger partial charge in [0.2, 0.25) is 0 Å². The summed E-state index contributed by atoms with van der Waals surface area (Å²) in [5, 5.41) is 13.4. The number of rotatable bonds is 5. The van der Waals surface area contributed by atoms with Gasteiger partial charge in [-0.05, 0) is 38.3 Å². The predicted octanol–water partition coefficient (Wildman–Crippen LogP) is 3.98. The van der Waals surface area contributed by atoms with Crippen LogP contribution in [-0.2, 0) is 4.79 Å². The van der Waals surface area contributed by atoms with Gasteiger partial charge in [-0.3, -0.25) is 4.79 Å². The standard InChI is InChI=1S/C21H24N4O/c1-15-12-18(16(2)25(15)19-10-6-7-11-19)14-23-24-21(26)20(13-22)17-8-4-3-5-9-17/h3-5,8-9,12,14,19-20H,6-7,10-11H2,1-2H3,(H,24,26)/b23-14-/t20-/m1/s1. The van der Waals surface area contributed by atoms with Gasteiger partial charge in [-0.2, -0.15) is 10.4 Å². The summed E-state index contributed by atoms with van der Waals surface area (Å²) in [4.78, 5) is 12.3. The molecule has 134 valence electrons. The van der Waals surface area contributed by atoms with Crippen molar-refractivity contribution in [3.05, 3.63) is 58.9 Å². The van der Waals surface area contributed by atoms with E-state index in [0.29, 0.717) is 11.6 Å². The minimum atomic E-state index is -0.862. The molecule has 0 spiro atoms. The molecule has 0 unspecified atom stereocenters. The zero-order valence-corrected chi connectivity index (χ0v) is 15.3. The minimum absolute atomic E-state index is 0.417. The van der Waals surface area contributed by atoms with Gasteiger partial charge in [0.15, 0.2) is 5.92 Å². The summed E-state index contributed by atoms with van der Waals surface area (Å²) < 4.78 is 2.39. The summed E-state index contributed by atoms with van der Waals surface area (Å²) in [6, 6.07) is 13.7. The van der Waals surface area contributed by atoms with Crippen LogP contribution >= 0.6 is 0 Å². The fourth-order valence-electron chi connectivity index (χ4n) is 3.82. The Morgan fingerprint density at radius 1 is 1.31 bits per heavy atom. The average Bonchev–Trinajstić information content (AvgIpc) is 3.25. The molecule has 1 amide bonds. The second-order valence-electron chi connectivity index (χ2n) is 6.84. The van der Waals surface area contributed by atoms with Crippen LogP contribution in [0.15, 0.2) is 41.5 Å². The van der Waals surface area contributed by atoms with E-state index in [0.717, 1.165) is 5.56 Å². The van der Waals surface area contributed by atoms with Crippen LogP contribution in [0.2, 0.25) is 0 Å². The SMILES string of the molecule is Cc1cc(/C=N\NC(=O)[C@H](C#N)c2ccccc2)c(C)n1C1CCCC1. The van der Waals surface area contributed by atoms with Crippen LogP contribution in [-0.4, -0.2) is 16.7 Å². The molecule has 0 saturated heterocycles. The van der Waals surface area contributed by atoms with E-state index in [-0.39, 0.29) is 0 Å². The van der Waals surface area contributed by atoms with Gasteiger partial charge in [0, 0.05) is 23.0 Å². The molecule has 1 aromatic heterocycles. The van der Waals surface area contributed by atoms with Gasteiger partial charge >= 0.3 is 0 Å². The van der Waals surface area contributed by atoms with Gasteiger partial charge in [0.25, 0.3) is 5.91 Å². The molecule has 1 atom stereocenters. The maximum absolute atomic E-state index is 12.3. The zero-order chi connectivity index (χ0) is 18.5. The second-order valence-corrected chi connectivity index (χ2v) is 6.84. The van der Waals surface area contributed by atoms with Crippen molar-refractivity contribution < 1.29 is 4.79 Å². The Labute approximate surface area is 154 Å². The molecule has 3 rings (SSSR count). The molecular formula is C21H24N4O. The molecule has 0 aliphatic heterocycles. The average molecular weight is 348 g/mol. The lowest BCUT2D eigenvalue weighted by atomic mass is 10.0. The number of benzene rings is 1. The highest BCUT2D eigenvalue weighted by Gasteiger charge is 2.21. The summed E-state index contributed by atoms with van der Waals surface area (Å²) in [5.74, 6) is -1.28. The molecule has 2 aromatic rings. The number of hydrogen-bond donors (Lipinski definition) is 1. The first-order chi connectivity index (χ1) is 12.6. The molecule has 0 bridgehead atoms. The van der Waals surface area contributed by atoms with Gasteiger partial charge in [0.1, 0.15) is 0 Å². The molecule has 5 heteroatoms. The van der Waals surface area contributed by atoms with E-state index in [9.17, 15) is 10.1 Å². The van der Waals surface area contributed by atoms with Crippen LogP contribution in [0.3, 0.4) is 0 Å². The van der Waals surface area contributed by atoms with Crippen LogP contribution in [0, 0.1) is 25.2 Å². The lowest BCUT2D eigenvalue weighted by molar-refractivity contribution is -0.121. The summed E-state index contributed by atoms with van der Waals surface area (Å²) in [6.07, 6.45) is 6.70. The zero-order valence-electron chi connectivity index (χ0n) is 15.3. The third-order valence-electron chi connectivity index (χ3n) is 5.12. The Hall–Kier alpha value is -2.87. The molecule has 1 aliphatic carbocycles. The van der Waals surface area contributed by atoms with E-state index in [1.807, 2.05) is 24.3 Å². The number of nitrogens with one attached hydrogen (secondary N) is 1. The number of hydrogen-bond acceptors (Lipinski definition) is 3. The molecule has 1 N–H and O–H groups in total. The number of amides is 1. The lowest BCUT2D eigenvalue weighted by Gasteiger charge is -2.17. The fourth-order valence-corrected chi connectivity index (χ4v) is 3.82. The third kappa shape index (κ3) is 3.70. The highest BCUT2D eigenvalue weighted by Crippen LogP contribution is 2.33. The predicted molar refractivity (Wildman–Crippen MR) is 102 cm³/mol. The largest absolute Gasteiger partial charge is 0.345 e. The van der Waals surface area contributed by atoms with Crippen LogP contribution < -0.4 is 5.43 Å². The smallest absolute Gasteiger partial charge is 0.261 e. The molecule has 0 radical (unpaired) electrons. The lowest BCUT2D eigenvalue weighted by Crippen LogP contribution is -2.24. The van der Waals surface area contributed by atoms with Crippen molar-refractivity contribution in [3.8, 4) is 6.07 Å². The maximum Gasteiger partial charge on any atom is 0.261 e. The Balaban J connectivity index is 1.70. The second kappa shape index (κ2) is 8.01.